The number of carbonyl (C=O) groups is 1. The molecule has 6 nitrogen and oxygen atoms in total. The van der Waals surface area contributed by atoms with Crippen LogP contribution in [0.25, 0.3) is 11.0 Å². The highest BCUT2D eigenvalue weighted by Gasteiger charge is 2.28. The Hall–Kier alpha value is -2.37. The lowest BCUT2D eigenvalue weighted by atomic mass is 10.1. The van der Waals surface area contributed by atoms with E-state index in [1.54, 1.807) is 4.57 Å². The summed E-state index contributed by atoms with van der Waals surface area (Å²) in [6, 6.07) is 5.34. The highest BCUT2D eigenvalue weighted by atomic mass is 16.6. The number of para-hydroxylation sites is 1. The molecule has 0 unspecified atom stereocenters. The first-order chi connectivity index (χ1) is 9.85. The van der Waals surface area contributed by atoms with Crippen molar-refractivity contribution in [2.45, 2.75) is 39.0 Å². The molecule has 1 N–H and O–H groups in total. The van der Waals surface area contributed by atoms with Gasteiger partial charge in [0.1, 0.15) is 5.60 Å². The van der Waals surface area contributed by atoms with E-state index in [2.05, 4.69) is 10.3 Å². The average molecular weight is 287 g/mol. The fraction of sp³-hybridized carbons (Fsp3) is 0.400. The third-order valence-corrected chi connectivity index (χ3v) is 3.33. The van der Waals surface area contributed by atoms with Gasteiger partial charge in [0.25, 0.3) is 5.56 Å². The molecule has 0 fully saturated rings. The van der Waals surface area contributed by atoms with Crippen LogP contribution in [0, 0.1) is 0 Å². The van der Waals surface area contributed by atoms with Crippen molar-refractivity contribution in [1.29, 1.82) is 0 Å². The summed E-state index contributed by atoms with van der Waals surface area (Å²) in [5, 5.41) is 2.82. The number of rotatable bonds is 1. The quantitative estimate of drug-likeness (QED) is 0.870. The maximum atomic E-state index is 11.9. The number of nitrogens with one attached hydrogen (secondary N) is 1. The molecule has 3 rings (SSSR count). The Morgan fingerprint density at radius 3 is 2.90 bits per heavy atom. The van der Waals surface area contributed by atoms with Gasteiger partial charge in [0.05, 0.1) is 29.8 Å². The van der Waals surface area contributed by atoms with Crippen LogP contribution >= 0.6 is 0 Å². The van der Waals surface area contributed by atoms with Crippen molar-refractivity contribution in [2.75, 3.05) is 0 Å². The van der Waals surface area contributed by atoms with Gasteiger partial charge in [-0.05, 0) is 26.8 Å². The van der Waals surface area contributed by atoms with E-state index in [4.69, 9.17) is 4.74 Å². The summed E-state index contributed by atoms with van der Waals surface area (Å²) < 4.78 is 6.91. The molecule has 0 aliphatic carbocycles. The van der Waals surface area contributed by atoms with Crippen LogP contribution in [0.5, 0.6) is 0 Å². The van der Waals surface area contributed by atoms with E-state index in [1.165, 1.54) is 6.20 Å². The van der Waals surface area contributed by atoms with Crippen LogP contribution in [0.1, 0.15) is 32.4 Å². The van der Waals surface area contributed by atoms with E-state index in [9.17, 15) is 9.59 Å². The minimum atomic E-state index is -0.556. The summed E-state index contributed by atoms with van der Waals surface area (Å²) in [7, 11) is 0. The SMILES string of the molecule is CC(C)(C)OC(=O)N[C@@H]1Cn2c(=O)cnc3cccc1c32. The third kappa shape index (κ3) is 2.49. The topological polar surface area (TPSA) is 73.2 Å². The maximum Gasteiger partial charge on any atom is 0.408 e. The van der Waals surface area contributed by atoms with Crippen LogP contribution in [0.4, 0.5) is 4.79 Å². The average Bonchev–Trinajstić information content (AvgIpc) is 2.73. The normalized spacial score (nSPS) is 17.0. The molecule has 2 heterocycles. The largest absolute Gasteiger partial charge is 0.444 e. The number of nitrogens with zero attached hydrogens (tertiary/aromatic N) is 2. The van der Waals surface area contributed by atoms with E-state index < -0.39 is 11.7 Å². The van der Waals surface area contributed by atoms with Gasteiger partial charge in [0, 0.05) is 5.56 Å². The summed E-state index contributed by atoms with van der Waals surface area (Å²) in [5.74, 6) is 0. The van der Waals surface area contributed by atoms with Gasteiger partial charge in [-0.2, -0.15) is 0 Å². The minimum Gasteiger partial charge on any atom is -0.444 e. The first-order valence-electron chi connectivity index (χ1n) is 6.83. The number of hydrogen-bond acceptors (Lipinski definition) is 4. The summed E-state index contributed by atoms with van der Waals surface area (Å²) in [6.07, 6.45) is 0.820. The molecule has 0 saturated heterocycles. The summed E-state index contributed by atoms with van der Waals surface area (Å²) in [5.41, 5.74) is 1.71. The van der Waals surface area contributed by atoms with Crippen molar-refractivity contribution in [3.8, 4) is 0 Å². The number of aromatic nitrogens is 2. The molecule has 6 heteroatoms. The highest BCUT2D eigenvalue weighted by molar-refractivity contribution is 5.81. The summed E-state index contributed by atoms with van der Waals surface area (Å²) in [6.45, 7) is 5.83. The lowest BCUT2D eigenvalue weighted by molar-refractivity contribution is 0.0501. The smallest absolute Gasteiger partial charge is 0.408 e. The van der Waals surface area contributed by atoms with Crippen molar-refractivity contribution < 1.29 is 9.53 Å². The van der Waals surface area contributed by atoms with Crippen molar-refractivity contribution in [3.05, 3.63) is 40.3 Å². The number of ether oxygens (including phenoxy) is 1. The third-order valence-electron chi connectivity index (χ3n) is 3.33. The molecule has 21 heavy (non-hydrogen) atoms. The van der Waals surface area contributed by atoms with Crippen molar-refractivity contribution in [3.63, 3.8) is 0 Å². The molecular formula is C15H17N3O3. The minimum absolute atomic E-state index is 0.163. The van der Waals surface area contributed by atoms with Gasteiger partial charge in [-0.25, -0.2) is 9.78 Å². The van der Waals surface area contributed by atoms with Crippen LogP contribution in [0.15, 0.2) is 29.2 Å². The van der Waals surface area contributed by atoms with Crippen LogP contribution in [0.2, 0.25) is 0 Å². The molecule has 2 aromatic rings. The Morgan fingerprint density at radius 2 is 2.19 bits per heavy atom. The second-order valence-electron chi connectivity index (χ2n) is 6.12. The highest BCUT2D eigenvalue weighted by Crippen LogP contribution is 2.29. The van der Waals surface area contributed by atoms with E-state index in [1.807, 2.05) is 39.0 Å². The molecule has 1 amide bonds. The fourth-order valence-corrected chi connectivity index (χ4v) is 2.57. The maximum absolute atomic E-state index is 11.9. The number of benzene rings is 1. The summed E-state index contributed by atoms with van der Waals surface area (Å²) >= 11 is 0. The summed E-state index contributed by atoms with van der Waals surface area (Å²) in [4.78, 5) is 28.0. The molecule has 0 radical (unpaired) electrons. The predicted molar refractivity (Wildman–Crippen MR) is 78.1 cm³/mol. The van der Waals surface area contributed by atoms with E-state index in [0.717, 1.165) is 16.6 Å². The standard InChI is InChI=1S/C15H17N3O3/c1-15(2,3)21-14(20)17-11-8-18-12(19)7-16-10-6-4-5-9(11)13(10)18/h4-7,11H,8H2,1-3H3,(H,17,20)/t11-/m1/s1. The first kappa shape index (κ1) is 13.6. The molecule has 1 atom stereocenters. The van der Waals surface area contributed by atoms with E-state index in [-0.39, 0.29) is 11.6 Å². The van der Waals surface area contributed by atoms with Crippen LogP contribution in [0.3, 0.4) is 0 Å². The second kappa shape index (κ2) is 4.58. The molecule has 0 saturated carbocycles. The van der Waals surface area contributed by atoms with E-state index in [0.29, 0.717) is 6.54 Å². The van der Waals surface area contributed by atoms with Crippen molar-refractivity contribution >= 4 is 17.1 Å². The molecule has 1 aliphatic rings. The Labute approximate surface area is 121 Å². The Morgan fingerprint density at radius 1 is 1.43 bits per heavy atom. The zero-order valence-corrected chi connectivity index (χ0v) is 12.2. The van der Waals surface area contributed by atoms with Crippen LogP contribution in [-0.2, 0) is 11.3 Å². The number of amides is 1. The Balaban J connectivity index is 1.93. The molecular weight excluding hydrogens is 270 g/mol. The lowest BCUT2D eigenvalue weighted by Gasteiger charge is -2.21. The van der Waals surface area contributed by atoms with Crippen LogP contribution < -0.4 is 10.9 Å². The van der Waals surface area contributed by atoms with Crippen LogP contribution in [-0.4, -0.2) is 21.2 Å². The fourth-order valence-electron chi connectivity index (χ4n) is 2.57. The monoisotopic (exact) mass is 287 g/mol. The van der Waals surface area contributed by atoms with Gasteiger partial charge in [-0.3, -0.25) is 4.79 Å². The number of alkyl carbamates (subject to hydrolysis) is 1. The molecule has 1 aromatic carbocycles. The van der Waals surface area contributed by atoms with Gasteiger partial charge in [-0.1, -0.05) is 12.1 Å². The molecule has 1 aromatic heterocycles. The van der Waals surface area contributed by atoms with Gasteiger partial charge in [0.2, 0.25) is 0 Å². The Kier molecular flexibility index (Phi) is 2.97. The Bertz CT molecular complexity index is 774. The van der Waals surface area contributed by atoms with Gasteiger partial charge >= 0.3 is 6.09 Å². The van der Waals surface area contributed by atoms with Gasteiger partial charge in [-0.15, -0.1) is 0 Å². The van der Waals surface area contributed by atoms with Gasteiger partial charge in [0.15, 0.2) is 0 Å². The van der Waals surface area contributed by atoms with Crippen molar-refractivity contribution in [2.24, 2.45) is 0 Å². The van der Waals surface area contributed by atoms with Crippen molar-refractivity contribution in [1.82, 2.24) is 14.9 Å². The first-order valence-corrected chi connectivity index (χ1v) is 6.83. The second-order valence-corrected chi connectivity index (χ2v) is 6.12. The zero-order chi connectivity index (χ0) is 15.2. The van der Waals surface area contributed by atoms with Gasteiger partial charge < -0.3 is 14.6 Å². The number of hydrogen-bond donors (Lipinski definition) is 1. The number of carbonyl (C=O) groups excluding carboxylic acids is 1. The molecule has 110 valence electrons. The predicted octanol–water partition coefficient (Wildman–Crippen LogP) is 1.98. The molecule has 0 bridgehead atoms. The van der Waals surface area contributed by atoms with E-state index >= 15 is 0 Å². The molecule has 1 aliphatic heterocycles. The molecule has 0 spiro atoms. The lowest BCUT2D eigenvalue weighted by Crippen LogP contribution is -2.35. The zero-order valence-electron chi connectivity index (χ0n) is 12.2.